The van der Waals surface area contributed by atoms with Gasteiger partial charge in [0.1, 0.15) is 6.04 Å². The Morgan fingerprint density at radius 3 is 2.79 bits per heavy atom. The van der Waals surface area contributed by atoms with Crippen LogP contribution >= 0.6 is 0 Å². The van der Waals surface area contributed by atoms with Gasteiger partial charge in [-0.05, 0) is 12.8 Å². The minimum atomic E-state index is -0.595. The third-order valence-electron chi connectivity index (χ3n) is 1.61. The summed E-state index contributed by atoms with van der Waals surface area (Å²) < 4.78 is 4.45. The number of nitrogens with zero attached hydrogens (tertiary/aromatic N) is 1. The second-order valence-electron chi connectivity index (χ2n) is 2.68. The summed E-state index contributed by atoms with van der Waals surface area (Å²) in [7, 11) is 1.30. The Hall–Kier alpha value is -1.34. The van der Waals surface area contributed by atoms with Crippen LogP contribution in [-0.4, -0.2) is 31.6 Å². The van der Waals surface area contributed by atoms with Gasteiger partial charge in [0.15, 0.2) is 0 Å². The normalized spacial score (nSPS) is 13.5. The summed E-state index contributed by atoms with van der Waals surface area (Å²) >= 11 is 0. The van der Waals surface area contributed by atoms with Gasteiger partial charge in [-0.3, -0.25) is 15.2 Å². The maximum absolute atomic E-state index is 10.9. The molecule has 0 aliphatic rings. The Morgan fingerprint density at radius 1 is 1.64 bits per heavy atom. The van der Waals surface area contributed by atoms with Gasteiger partial charge in [-0.25, -0.2) is 5.84 Å². The number of carbonyl (C=O) groups excluding carboxylic acids is 1. The Balaban J connectivity index is 3.59. The van der Waals surface area contributed by atoms with E-state index in [-0.39, 0.29) is 5.96 Å². The summed E-state index contributed by atoms with van der Waals surface area (Å²) in [5, 5.41) is 0. The van der Waals surface area contributed by atoms with Crippen LogP contribution in [0.1, 0.15) is 12.8 Å². The highest BCUT2D eigenvalue weighted by Gasteiger charge is 2.12. The van der Waals surface area contributed by atoms with Crippen molar-refractivity contribution in [3.05, 3.63) is 0 Å². The summed E-state index contributed by atoms with van der Waals surface area (Å²) in [6.07, 6.45) is 1.16. The van der Waals surface area contributed by atoms with Crippen LogP contribution in [-0.2, 0) is 9.53 Å². The number of esters is 1. The van der Waals surface area contributed by atoms with E-state index in [1.165, 1.54) is 7.11 Å². The summed E-state index contributed by atoms with van der Waals surface area (Å²) in [4.78, 5) is 14.7. The Morgan fingerprint density at radius 2 is 2.29 bits per heavy atom. The number of hydrogen-bond acceptors (Lipinski definition) is 5. The van der Waals surface area contributed by atoms with E-state index in [4.69, 9.17) is 17.3 Å². The summed E-state index contributed by atoms with van der Waals surface area (Å²) in [6.45, 7) is 0.473. The smallest absolute Gasteiger partial charge is 0.322 e. The molecule has 0 fully saturated rings. The highest BCUT2D eigenvalue weighted by Crippen LogP contribution is 1.96. The lowest BCUT2D eigenvalue weighted by molar-refractivity contribution is -0.142. The van der Waals surface area contributed by atoms with Crippen molar-refractivity contribution < 1.29 is 9.53 Å². The van der Waals surface area contributed by atoms with Crippen LogP contribution in [0.3, 0.4) is 0 Å². The quantitative estimate of drug-likeness (QED) is 0.103. The fourth-order valence-electron chi connectivity index (χ4n) is 0.826. The molecule has 7 N–H and O–H groups in total. The lowest BCUT2D eigenvalue weighted by atomic mass is 10.2. The Kier molecular flexibility index (Phi) is 6.42. The number of hydrazine groups is 1. The van der Waals surface area contributed by atoms with Gasteiger partial charge in [-0.1, -0.05) is 0 Å². The number of hydrogen-bond donors (Lipinski definition) is 4. The van der Waals surface area contributed by atoms with Gasteiger partial charge in [0.25, 0.3) is 0 Å². The lowest BCUT2D eigenvalue weighted by Crippen LogP contribution is -2.37. The van der Waals surface area contributed by atoms with E-state index in [0.717, 1.165) is 0 Å². The van der Waals surface area contributed by atoms with Crippen molar-refractivity contribution in [2.45, 2.75) is 18.9 Å². The molecule has 0 amide bonds. The van der Waals surface area contributed by atoms with Crippen LogP contribution in [0.4, 0.5) is 0 Å². The molecule has 0 aliphatic heterocycles. The molecular weight excluding hydrogens is 186 g/mol. The number of nitrogens with two attached hydrogens (primary N) is 3. The van der Waals surface area contributed by atoms with Gasteiger partial charge in [0.05, 0.1) is 7.11 Å². The van der Waals surface area contributed by atoms with Gasteiger partial charge < -0.3 is 16.2 Å². The molecule has 0 aromatic heterocycles. The number of aliphatic imine (C=N–C) groups is 1. The average molecular weight is 203 g/mol. The molecule has 7 heteroatoms. The topological polar surface area (TPSA) is 129 Å². The first-order valence-corrected chi connectivity index (χ1v) is 4.21. The molecule has 1 atom stereocenters. The molecule has 0 bridgehead atoms. The lowest BCUT2D eigenvalue weighted by Gasteiger charge is -2.07. The largest absolute Gasteiger partial charge is 0.468 e. The van der Waals surface area contributed by atoms with Gasteiger partial charge in [-0.15, -0.1) is 0 Å². The minimum Gasteiger partial charge on any atom is -0.468 e. The molecule has 0 saturated carbocycles. The van der Waals surface area contributed by atoms with Gasteiger partial charge in [-0.2, -0.15) is 0 Å². The predicted octanol–water partition coefficient (Wildman–Crippen LogP) is -1.96. The molecule has 0 aromatic rings. The second kappa shape index (κ2) is 7.10. The Bertz CT molecular complexity index is 206. The first kappa shape index (κ1) is 12.7. The SMILES string of the molecule is COC(=O)[C@@H](N)CCCN=C(N)NN. The van der Waals surface area contributed by atoms with Gasteiger partial charge >= 0.3 is 5.97 Å². The average Bonchev–Trinajstić information content (AvgIpc) is 2.22. The summed E-state index contributed by atoms with van der Waals surface area (Å²) in [6, 6.07) is -0.595. The van der Waals surface area contributed by atoms with Crippen molar-refractivity contribution in [1.82, 2.24) is 5.43 Å². The molecule has 7 nitrogen and oxygen atoms in total. The van der Waals surface area contributed by atoms with Crippen molar-refractivity contribution in [2.75, 3.05) is 13.7 Å². The first-order valence-electron chi connectivity index (χ1n) is 4.21. The van der Waals surface area contributed by atoms with Crippen LogP contribution in [0.25, 0.3) is 0 Å². The molecule has 0 saturated heterocycles. The maximum Gasteiger partial charge on any atom is 0.322 e. The maximum atomic E-state index is 10.9. The van der Waals surface area contributed by atoms with E-state index < -0.39 is 12.0 Å². The zero-order chi connectivity index (χ0) is 11.0. The summed E-state index contributed by atoms with van der Waals surface area (Å²) in [5.74, 6) is 4.73. The number of guanidine groups is 1. The number of methoxy groups -OCH3 is 1. The van der Waals surface area contributed by atoms with Crippen molar-refractivity contribution in [2.24, 2.45) is 22.3 Å². The van der Waals surface area contributed by atoms with E-state index in [0.29, 0.717) is 19.4 Å². The molecule has 0 radical (unpaired) electrons. The molecule has 82 valence electrons. The predicted molar refractivity (Wildman–Crippen MR) is 53.0 cm³/mol. The van der Waals surface area contributed by atoms with Crippen LogP contribution < -0.4 is 22.7 Å². The van der Waals surface area contributed by atoms with Gasteiger partial charge in [0, 0.05) is 6.54 Å². The third kappa shape index (κ3) is 5.33. The number of rotatable bonds is 5. The number of nitrogens with one attached hydrogen (secondary N) is 1. The fourth-order valence-corrected chi connectivity index (χ4v) is 0.826. The number of carbonyl (C=O) groups is 1. The molecule has 0 aliphatic carbocycles. The molecule has 0 heterocycles. The molecule has 0 rings (SSSR count). The van der Waals surface area contributed by atoms with Crippen molar-refractivity contribution in [3.63, 3.8) is 0 Å². The fraction of sp³-hybridized carbons (Fsp3) is 0.714. The van der Waals surface area contributed by atoms with E-state index >= 15 is 0 Å². The van der Waals surface area contributed by atoms with E-state index in [2.05, 4.69) is 15.2 Å². The molecular formula is C7H17N5O2. The van der Waals surface area contributed by atoms with Crippen LogP contribution in [0.5, 0.6) is 0 Å². The van der Waals surface area contributed by atoms with Crippen LogP contribution in [0.15, 0.2) is 4.99 Å². The highest BCUT2D eigenvalue weighted by atomic mass is 16.5. The Labute approximate surface area is 82.6 Å². The third-order valence-corrected chi connectivity index (χ3v) is 1.61. The first-order chi connectivity index (χ1) is 6.61. The zero-order valence-corrected chi connectivity index (χ0v) is 8.19. The molecule has 0 unspecified atom stereocenters. The molecule has 0 aromatic carbocycles. The van der Waals surface area contributed by atoms with Gasteiger partial charge in [0.2, 0.25) is 5.96 Å². The van der Waals surface area contributed by atoms with Crippen molar-refractivity contribution in [3.8, 4) is 0 Å². The molecule has 14 heavy (non-hydrogen) atoms. The number of ether oxygens (including phenoxy) is 1. The summed E-state index contributed by atoms with van der Waals surface area (Å²) in [5.41, 5.74) is 12.9. The van der Waals surface area contributed by atoms with E-state index in [9.17, 15) is 4.79 Å². The van der Waals surface area contributed by atoms with Crippen LogP contribution in [0.2, 0.25) is 0 Å². The zero-order valence-electron chi connectivity index (χ0n) is 8.19. The van der Waals surface area contributed by atoms with Crippen molar-refractivity contribution in [1.29, 1.82) is 0 Å². The molecule has 0 spiro atoms. The minimum absolute atomic E-state index is 0.164. The van der Waals surface area contributed by atoms with Crippen molar-refractivity contribution >= 4 is 11.9 Å². The van der Waals surface area contributed by atoms with E-state index in [1.54, 1.807) is 0 Å². The highest BCUT2D eigenvalue weighted by molar-refractivity contribution is 5.77. The van der Waals surface area contributed by atoms with E-state index in [1.807, 2.05) is 0 Å². The second-order valence-corrected chi connectivity index (χ2v) is 2.68. The standard InChI is InChI=1S/C7H17N5O2/c1-14-6(13)5(8)3-2-4-11-7(9)12-10/h5H,2-4,8,10H2,1H3,(H3,9,11,12)/t5-/m0/s1. The monoisotopic (exact) mass is 203 g/mol. The van der Waals surface area contributed by atoms with Crippen LogP contribution in [0, 0.1) is 0 Å².